The smallest absolute Gasteiger partial charge is 0.329 e. The second-order valence-corrected chi connectivity index (χ2v) is 8.25. The monoisotopic (exact) mass is 406 g/mol. The van der Waals surface area contributed by atoms with Crippen molar-refractivity contribution < 1.29 is 23.5 Å². The van der Waals surface area contributed by atoms with Gasteiger partial charge in [0.15, 0.2) is 6.61 Å². The molecule has 1 aliphatic rings. The zero-order valence-corrected chi connectivity index (χ0v) is 17.5. The number of hydrogen-bond acceptors (Lipinski definition) is 4. The van der Waals surface area contributed by atoms with E-state index in [1.807, 2.05) is 0 Å². The van der Waals surface area contributed by atoms with Crippen LogP contribution in [0.5, 0.6) is 0 Å². The van der Waals surface area contributed by atoms with Crippen LogP contribution in [0.15, 0.2) is 24.3 Å². The summed E-state index contributed by atoms with van der Waals surface area (Å²) in [7, 11) is 0. The number of nitrogens with one attached hydrogen (secondary N) is 2. The van der Waals surface area contributed by atoms with Crippen LogP contribution in [0.25, 0.3) is 0 Å². The maximum Gasteiger partial charge on any atom is 0.329 e. The van der Waals surface area contributed by atoms with E-state index in [0.29, 0.717) is 11.8 Å². The van der Waals surface area contributed by atoms with Crippen molar-refractivity contribution in [2.24, 2.45) is 17.8 Å². The third-order valence-electron chi connectivity index (χ3n) is 5.71. The van der Waals surface area contributed by atoms with Crippen LogP contribution < -0.4 is 10.6 Å². The fraction of sp³-hybridized carbons (Fsp3) is 0.591. The lowest BCUT2D eigenvalue weighted by atomic mass is 9.78. The van der Waals surface area contributed by atoms with E-state index in [1.54, 1.807) is 13.8 Å². The summed E-state index contributed by atoms with van der Waals surface area (Å²) in [5, 5.41) is 5.56. The van der Waals surface area contributed by atoms with Gasteiger partial charge in [0.2, 0.25) is 0 Å². The fourth-order valence-corrected chi connectivity index (χ4v) is 3.58. The Morgan fingerprint density at radius 1 is 1.14 bits per heavy atom. The summed E-state index contributed by atoms with van der Waals surface area (Å²) >= 11 is 0. The van der Waals surface area contributed by atoms with Gasteiger partial charge in [0, 0.05) is 11.6 Å². The van der Waals surface area contributed by atoms with Gasteiger partial charge < -0.3 is 15.4 Å². The summed E-state index contributed by atoms with van der Waals surface area (Å²) < 4.78 is 18.2. The lowest BCUT2D eigenvalue weighted by Gasteiger charge is -2.34. The molecule has 0 aliphatic heterocycles. The van der Waals surface area contributed by atoms with E-state index in [-0.39, 0.29) is 30.0 Å². The number of benzene rings is 1. The first-order valence-electron chi connectivity index (χ1n) is 10.2. The normalized spacial score (nSPS) is 22.6. The Labute approximate surface area is 171 Å². The molecule has 1 aromatic rings. The molecule has 0 aromatic heterocycles. The van der Waals surface area contributed by atoms with Crippen LogP contribution in [0.1, 0.15) is 57.3 Å². The first-order chi connectivity index (χ1) is 13.7. The molecule has 160 valence electrons. The van der Waals surface area contributed by atoms with Gasteiger partial charge >= 0.3 is 5.97 Å². The maximum absolute atomic E-state index is 13.0. The molecule has 1 saturated carbocycles. The standard InChI is InChI=1S/C22H31FN2O4/c1-13(2)20(25-21(27)16-8-10-17(23)11-9-16)22(28)29-12-19(26)24-18-7-5-6-14(3)15(18)4/h8-11,13-15,18,20H,5-7,12H2,1-4H3,(H,24,26)(H,25,27)/t14-,15-,18-,20-/m0/s1. The SMILES string of the molecule is CC(C)[C@H](NC(=O)c1ccc(F)cc1)C(=O)OCC(=O)N[C@H]1CCC[C@H](C)[C@@H]1C. The molecular formula is C22H31FN2O4. The number of carbonyl (C=O) groups is 3. The highest BCUT2D eigenvalue weighted by Crippen LogP contribution is 2.29. The van der Waals surface area contributed by atoms with Gasteiger partial charge in [0.1, 0.15) is 11.9 Å². The van der Waals surface area contributed by atoms with E-state index in [0.717, 1.165) is 19.3 Å². The molecule has 0 saturated heterocycles. The van der Waals surface area contributed by atoms with E-state index in [4.69, 9.17) is 4.74 Å². The van der Waals surface area contributed by atoms with Crippen molar-refractivity contribution in [1.82, 2.24) is 10.6 Å². The van der Waals surface area contributed by atoms with Crippen molar-refractivity contribution in [2.75, 3.05) is 6.61 Å². The summed E-state index contributed by atoms with van der Waals surface area (Å²) in [5.41, 5.74) is 0.239. The summed E-state index contributed by atoms with van der Waals surface area (Å²) in [5.74, 6) is -1.28. The average molecular weight is 406 g/mol. The molecule has 1 aromatic carbocycles. The predicted octanol–water partition coefficient (Wildman–Crippen LogP) is 3.06. The number of carbonyl (C=O) groups excluding carboxylic acids is 3. The van der Waals surface area contributed by atoms with E-state index in [1.165, 1.54) is 24.3 Å². The van der Waals surface area contributed by atoms with Gasteiger partial charge in [-0.25, -0.2) is 9.18 Å². The number of rotatable bonds is 7. The van der Waals surface area contributed by atoms with E-state index in [2.05, 4.69) is 24.5 Å². The number of amides is 2. The van der Waals surface area contributed by atoms with Crippen molar-refractivity contribution in [3.05, 3.63) is 35.6 Å². The number of esters is 1. The lowest BCUT2D eigenvalue weighted by Crippen LogP contribution is -2.48. The largest absolute Gasteiger partial charge is 0.454 e. The van der Waals surface area contributed by atoms with Crippen molar-refractivity contribution in [2.45, 2.75) is 59.0 Å². The molecule has 2 rings (SSSR count). The average Bonchev–Trinajstić information content (AvgIpc) is 2.68. The fourth-order valence-electron chi connectivity index (χ4n) is 3.58. The van der Waals surface area contributed by atoms with Crippen LogP contribution in [0.4, 0.5) is 4.39 Å². The maximum atomic E-state index is 13.0. The van der Waals surface area contributed by atoms with Crippen LogP contribution in [0.2, 0.25) is 0 Å². The zero-order valence-electron chi connectivity index (χ0n) is 17.5. The Bertz CT molecular complexity index is 720. The van der Waals surface area contributed by atoms with Crippen LogP contribution in [0.3, 0.4) is 0 Å². The quantitative estimate of drug-likeness (QED) is 0.682. The van der Waals surface area contributed by atoms with Crippen molar-refractivity contribution in [3.8, 4) is 0 Å². The molecule has 2 N–H and O–H groups in total. The minimum Gasteiger partial charge on any atom is -0.454 e. The van der Waals surface area contributed by atoms with Crippen molar-refractivity contribution in [1.29, 1.82) is 0 Å². The van der Waals surface area contributed by atoms with Gasteiger partial charge in [-0.15, -0.1) is 0 Å². The molecule has 29 heavy (non-hydrogen) atoms. The van der Waals surface area contributed by atoms with Gasteiger partial charge in [0.25, 0.3) is 11.8 Å². The Morgan fingerprint density at radius 3 is 2.41 bits per heavy atom. The van der Waals surface area contributed by atoms with Crippen LogP contribution in [-0.4, -0.2) is 36.5 Å². The lowest BCUT2D eigenvalue weighted by molar-refractivity contribution is -0.151. The Balaban J connectivity index is 1.87. The second kappa shape index (κ2) is 10.4. The topological polar surface area (TPSA) is 84.5 Å². The molecule has 0 unspecified atom stereocenters. The molecule has 2 amide bonds. The van der Waals surface area contributed by atoms with Gasteiger partial charge in [-0.1, -0.05) is 40.5 Å². The highest BCUT2D eigenvalue weighted by Gasteiger charge is 2.30. The molecule has 4 atom stereocenters. The van der Waals surface area contributed by atoms with Crippen molar-refractivity contribution in [3.63, 3.8) is 0 Å². The van der Waals surface area contributed by atoms with E-state index < -0.39 is 23.7 Å². The second-order valence-electron chi connectivity index (χ2n) is 8.25. The van der Waals surface area contributed by atoms with Crippen molar-refractivity contribution >= 4 is 17.8 Å². The molecule has 6 nitrogen and oxygen atoms in total. The highest BCUT2D eigenvalue weighted by atomic mass is 19.1. The summed E-state index contributed by atoms with van der Waals surface area (Å²) in [6.07, 6.45) is 3.15. The summed E-state index contributed by atoms with van der Waals surface area (Å²) in [6, 6.07) is 4.21. The molecule has 7 heteroatoms. The van der Waals surface area contributed by atoms with Gasteiger partial charge in [0.05, 0.1) is 0 Å². The minimum absolute atomic E-state index is 0.0871. The first kappa shape index (κ1) is 22.8. The molecule has 1 aliphatic carbocycles. The number of halogens is 1. The number of ether oxygens (including phenoxy) is 1. The minimum atomic E-state index is -0.908. The number of hydrogen-bond donors (Lipinski definition) is 2. The van der Waals surface area contributed by atoms with Crippen LogP contribution in [0, 0.1) is 23.6 Å². The third kappa shape index (κ3) is 6.54. The zero-order chi connectivity index (χ0) is 21.6. The third-order valence-corrected chi connectivity index (χ3v) is 5.71. The molecule has 0 spiro atoms. The van der Waals surface area contributed by atoms with Crippen LogP contribution in [-0.2, 0) is 14.3 Å². The Kier molecular flexibility index (Phi) is 8.17. The molecule has 0 heterocycles. The van der Waals surface area contributed by atoms with Gasteiger partial charge in [-0.3, -0.25) is 9.59 Å². The van der Waals surface area contributed by atoms with E-state index in [9.17, 15) is 18.8 Å². The summed E-state index contributed by atoms with van der Waals surface area (Å²) in [6.45, 7) is 7.46. The van der Waals surface area contributed by atoms with Gasteiger partial charge in [-0.05, 0) is 48.4 Å². The Hall–Kier alpha value is -2.44. The van der Waals surface area contributed by atoms with Crippen LogP contribution >= 0.6 is 0 Å². The first-order valence-corrected chi connectivity index (χ1v) is 10.2. The molecule has 0 bridgehead atoms. The molecular weight excluding hydrogens is 375 g/mol. The molecule has 1 fully saturated rings. The Morgan fingerprint density at radius 2 is 1.79 bits per heavy atom. The summed E-state index contributed by atoms with van der Waals surface area (Å²) in [4.78, 5) is 37.0. The van der Waals surface area contributed by atoms with E-state index >= 15 is 0 Å². The molecule has 0 radical (unpaired) electrons. The predicted molar refractivity (Wildman–Crippen MR) is 108 cm³/mol. The highest BCUT2D eigenvalue weighted by molar-refractivity contribution is 5.97. The van der Waals surface area contributed by atoms with Gasteiger partial charge in [-0.2, -0.15) is 0 Å².